The number of halogens is 2. The third-order valence-corrected chi connectivity index (χ3v) is 3.15. The molecule has 1 amide bonds. The number of aromatic nitrogens is 2. The lowest BCUT2D eigenvalue weighted by molar-refractivity contribution is 0.0948. The van der Waals surface area contributed by atoms with Gasteiger partial charge in [0.05, 0.1) is 0 Å². The molecule has 0 bridgehead atoms. The molecule has 2 heterocycles. The molecule has 2 N–H and O–H groups in total. The van der Waals surface area contributed by atoms with E-state index >= 15 is 0 Å². The summed E-state index contributed by atoms with van der Waals surface area (Å²) in [6.07, 6.45) is 2.41. The van der Waals surface area contributed by atoms with Crippen molar-refractivity contribution in [3.05, 3.63) is 17.8 Å². The first-order chi connectivity index (χ1) is 9.31. The van der Waals surface area contributed by atoms with E-state index in [1.165, 1.54) is 12.8 Å². The highest BCUT2D eigenvalue weighted by Gasteiger charge is 2.15. The van der Waals surface area contributed by atoms with Crippen LogP contribution in [-0.2, 0) is 0 Å². The number of likely N-dealkylation sites (N-methyl/N-ethyl adjacent to an activating group) is 1. The zero-order chi connectivity index (χ0) is 13.5. The molecule has 120 valence electrons. The lowest BCUT2D eigenvalue weighted by atomic mass is 10.3. The minimum Gasteiger partial charge on any atom is -0.355 e. The van der Waals surface area contributed by atoms with Crippen LogP contribution >= 0.6 is 24.8 Å². The van der Waals surface area contributed by atoms with Gasteiger partial charge in [-0.05, 0) is 31.5 Å². The highest BCUT2D eigenvalue weighted by atomic mass is 35.5. The van der Waals surface area contributed by atoms with Crippen LogP contribution in [0.1, 0.15) is 30.3 Å². The smallest absolute Gasteiger partial charge is 0.271 e. The number of hydrogen-bond donors (Lipinski definition) is 2. The van der Waals surface area contributed by atoms with E-state index in [9.17, 15) is 4.79 Å². The quantitative estimate of drug-likeness (QED) is 0.766. The van der Waals surface area contributed by atoms with E-state index in [-0.39, 0.29) is 30.7 Å². The summed E-state index contributed by atoms with van der Waals surface area (Å²) in [7, 11) is 0. The Morgan fingerprint density at radius 1 is 1.19 bits per heavy atom. The lowest BCUT2D eigenvalue weighted by Gasteiger charge is -2.15. The van der Waals surface area contributed by atoms with Crippen LogP contribution in [-0.4, -0.2) is 48.8 Å². The maximum atomic E-state index is 11.8. The normalized spacial score (nSPS) is 13.3. The number of amides is 1. The minimum absolute atomic E-state index is 0. The molecule has 2 rings (SSSR count). The fourth-order valence-electron chi connectivity index (χ4n) is 2.09. The second-order valence-electron chi connectivity index (χ2n) is 4.58. The maximum Gasteiger partial charge on any atom is 0.271 e. The van der Waals surface area contributed by atoms with E-state index in [1.54, 1.807) is 6.07 Å². The van der Waals surface area contributed by atoms with E-state index in [0.717, 1.165) is 32.0 Å². The summed E-state index contributed by atoms with van der Waals surface area (Å²) in [6.45, 7) is 6.36. The van der Waals surface area contributed by atoms with Crippen LogP contribution in [0, 0.1) is 0 Å². The van der Waals surface area contributed by atoms with Gasteiger partial charge < -0.3 is 15.5 Å². The number of nitrogens with one attached hydrogen (secondary N) is 2. The number of hydrogen-bond acceptors (Lipinski definition) is 5. The molecule has 8 heteroatoms. The van der Waals surface area contributed by atoms with Gasteiger partial charge in [-0.25, -0.2) is 0 Å². The highest BCUT2D eigenvalue weighted by molar-refractivity contribution is 5.92. The van der Waals surface area contributed by atoms with Crippen LogP contribution in [0.2, 0.25) is 0 Å². The fourth-order valence-corrected chi connectivity index (χ4v) is 2.09. The molecule has 1 aliphatic rings. The molecule has 1 aromatic heterocycles. The first-order valence-electron chi connectivity index (χ1n) is 6.89. The molecule has 0 radical (unpaired) electrons. The van der Waals surface area contributed by atoms with Gasteiger partial charge in [0.25, 0.3) is 5.91 Å². The van der Waals surface area contributed by atoms with Crippen molar-refractivity contribution in [2.24, 2.45) is 0 Å². The summed E-state index contributed by atoms with van der Waals surface area (Å²) in [5, 5.41) is 14.1. The van der Waals surface area contributed by atoms with Crippen molar-refractivity contribution >= 4 is 36.5 Å². The summed E-state index contributed by atoms with van der Waals surface area (Å²) in [4.78, 5) is 14.0. The highest BCUT2D eigenvalue weighted by Crippen LogP contribution is 2.16. The van der Waals surface area contributed by atoms with Crippen molar-refractivity contribution in [3.63, 3.8) is 0 Å². The van der Waals surface area contributed by atoms with E-state index in [1.807, 2.05) is 13.0 Å². The topological polar surface area (TPSA) is 70.2 Å². The van der Waals surface area contributed by atoms with Gasteiger partial charge in [-0.2, -0.15) is 0 Å². The Morgan fingerprint density at radius 3 is 2.48 bits per heavy atom. The summed E-state index contributed by atoms with van der Waals surface area (Å²) in [5.74, 6) is 0.695. The molecule has 0 aliphatic carbocycles. The minimum atomic E-state index is -0.168. The Bertz CT molecular complexity index is 410. The van der Waals surface area contributed by atoms with E-state index in [0.29, 0.717) is 12.2 Å². The average molecular weight is 336 g/mol. The van der Waals surface area contributed by atoms with Gasteiger partial charge in [-0.3, -0.25) is 4.79 Å². The van der Waals surface area contributed by atoms with Crippen molar-refractivity contribution in [1.82, 2.24) is 20.8 Å². The van der Waals surface area contributed by atoms with Crippen molar-refractivity contribution < 1.29 is 4.79 Å². The molecule has 0 aromatic carbocycles. The lowest BCUT2D eigenvalue weighted by Crippen LogP contribution is -2.32. The first-order valence-corrected chi connectivity index (χ1v) is 6.89. The molecule has 21 heavy (non-hydrogen) atoms. The molecular formula is C13H23Cl2N5O. The Labute approximate surface area is 137 Å². The van der Waals surface area contributed by atoms with Crippen molar-refractivity contribution in [2.45, 2.75) is 19.8 Å². The van der Waals surface area contributed by atoms with E-state index < -0.39 is 0 Å². The van der Waals surface area contributed by atoms with Gasteiger partial charge in [0.15, 0.2) is 11.5 Å². The van der Waals surface area contributed by atoms with Crippen LogP contribution in [0.25, 0.3) is 0 Å². The van der Waals surface area contributed by atoms with E-state index in [4.69, 9.17) is 0 Å². The van der Waals surface area contributed by atoms with Crippen molar-refractivity contribution in [2.75, 3.05) is 37.6 Å². The summed E-state index contributed by atoms with van der Waals surface area (Å²) in [6, 6.07) is 3.61. The van der Waals surface area contributed by atoms with Crippen LogP contribution in [0.15, 0.2) is 12.1 Å². The average Bonchev–Trinajstić information content (AvgIpc) is 2.98. The Kier molecular flexibility index (Phi) is 10.0. The second kappa shape index (κ2) is 10.6. The standard InChI is InChI=1S/C13H21N5O.2ClH/c1-2-14-7-8-15-13(19)11-5-6-12(17-16-11)18-9-3-4-10-18;;/h5-6,14H,2-4,7-10H2,1H3,(H,15,19);2*1H. The molecule has 1 aromatic rings. The molecule has 0 unspecified atom stereocenters. The number of rotatable bonds is 6. The van der Waals surface area contributed by atoms with Crippen LogP contribution in [0.5, 0.6) is 0 Å². The molecule has 0 atom stereocenters. The third-order valence-electron chi connectivity index (χ3n) is 3.15. The third kappa shape index (κ3) is 6.03. The van der Waals surface area contributed by atoms with Crippen molar-refractivity contribution in [1.29, 1.82) is 0 Å². The SMILES string of the molecule is CCNCCNC(=O)c1ccc(N2CCCC2)nn1.Cl.Cl. The van der Waals surface area contributed by atoms with Crippen LogP contribution < -0.4 is 15.5 Å². The largest absolute Gasteiger partial charge is 0.355 e. The number of carbonyl (C=O) groups is 1. The number of carbonyl (C=O) groups excluding carboxylic acids is 1. The Balaban J connectivity index is 0.00000200. The Hall–Kier alpha value is -1.11. The van der Waals surface area contributed by atoms with Gasteiger partial charge >= 0.3 is 0 Å². The van der Waals surface area contributed by atoms with Crippen LogP contribution in [0.4, 0.5) is 5.82 Å². The maximum absolute atomic E-state index is 11.8. The van der Waals surface area contributed by atoms with E-state index in [2.05, 4.69) is 25.7 Å². The Morgan fingerprint density at radius 2 is 1.90 bits per heavy atom. The molecule has 6 nitrogen and oxygen atoms in total. The first kappa shape index (κ1) is 19.9. The van der Waals surface area contributed by atoms with Gasteiger partial charge in [0, 0.05) is 26.2 Å². The van der Waals surface area contributed by atoms with Gasteiger partial charge in [0.2, 0.25) is 0 Å². The zero-order valence-electron chi connectivity index (χ0n) is 12.2. The van der Waals surface area contributed by atoms with Crippen molar-refractivity contribution in [3.8, 4) is 0 Å². The molecule has 0 spiro atoms. The molecule has 1 aliphatic heterocycles. The predicted octanol–water partition coefficient (Wildman–Crippen LogP) is 1.26. The summed E-state index contributed by atoms with van der Waals surface area (Å²) < 4.78 is 0. The number of nitrogens with zero attached hydrogens (tertiary/aromatic N) is 3. The molecular weight excluding hydrogens is 313 g/mol. The molecule has 0 saturated carbocycles. The van der Waals surface area contributed by atoms with Crippen LogP contribution in [0.3, 0.4) is 0 Å². The molecule has 1 fully saturated rings. The summed E-state index contributed by atoms with van der Waals surface area (Å²) in [5.41, 5.74) is 0.374. The fraction of sp³-hybridized carbons (Fsp3) is 0.615. The predicted molar refractivity (Wildman–Crippen MR) is 88.9 cm³/mol. The second-order valence-corrected chi connectivity index (χ2v) is 4.58. The van der Waals surface area contributed by atoms with Gasteiger partial charge in [-0.1, -0.05) is 6.92 Å². The van der Waals surface area contributed by atoms with Gasteiger partial charge in [0.1, 0.15) is 0 Å². The van der Waals surface area contributed by atoms with Gasteiger partial charge in [-0.15, -0.1) is 35.0 Å². The number of anilines is 1. The molecule has 1 saturated heterocycles. The monoisotopic (exact) mass is 335 g/mol. The summed E-state index contributed by atoms with van der Waals surface area (Å²) >= 11 is 0. The zero-order valence-corrected chi connectivity index (χ0v) is 13.8.